The number of methoxy groups -OCH3 is 1. The van der Waals surface area contributed by atoms with Crippen molar-refractivity contribution in [3.8, 4) is 5.75 Å². The summed E-state index contributed by atoms with van der Waals surface area (Å²) in [5, 5.41) is 0. The molecule has 2 aromatic carbocycles. The van der Waals surface area contributed by atoms with Crippen LogP contribution in [0.2, 0.25) is 0 Å². The smallest absolute Gasteiger partial charge is 0.163 e. The molecule has 0 saturated carbocycles. The second-order valence-corrected chi connectivity index (χ2v) is 8.00. The fourth-order valence-corrected chi connectivity index (χ4v) is 4.79. The number of likely N-dealkylation sites (tertiary alicyclic amines) is 1. The maximum atomic E-state index is 12.8. The number of nitrogens with zero attached hydrogens (tertiary/aromatic N) is 1. The first kappa shape index (κ1) is 20.9. The first-order valence-electron chi connectivity index (χ1n) is 10.2. The van der Waals surface area contributed by atoms with Gasteiger partial charge >= 0.3 is 0 Å². The van der Waals surface area contributed by atoms with E-state index in [0.717, 1.165) is 49.4 Å². The lowest BCUT2D eigenvalue weighted by molar-refractivity contribution is 0.0941. The molecule has 1 aliphatic carbocycles. The van der Waals surface area contributed by atoms with Crippen molar-refractivity contribution in [2.75, 3.05) is 26.7 Å². The van der Waals surface area contributed by atoms with Gasteiger partial charge in [0.1, 0.15) is 5.75 Å². The van der Waals surface area contributed by atoms with E-state index in [0.29, 0.717) is 18.3 Å². The molecule has 1 unspecified atom stereocenters. The highest BCUT2D eigenvalue weighted by molar-refractivity contribution is 5.98. The fraction of sp³-hybridized carbons (Fsp3) is 0.458. The summed E-state index contributed by atoms with van der Waals surface area (Å²) >= 11 is 0. The fourth-order valence-electron chi connectivity index (χ4n) is 4.79. The number of halogens is 1. The van der Waals surface area contributed by atoms with Gasteiger partial charge in [-0.25, -0.2) is 0 Å². The zero-order chi connectivity index (χ0) is 18.6. The highest BCUT2D eigenvalue weighted by Gasteiger charge is 2.27. The Morgan fingerprint density at radius 2 is 1.75 bits per heavy atom. The Balaban J connectivity index is 0.00000225. The number of fused-ring (bicyclic) bond motifs is 1. The Morgan fingerprint density at radius 1 is 1.00 bits per heavy atom. The molecule has 0 N–H and O–H groups in total. The van der Waals surface area contributed by atoms with Crippen LogP contribution in [-0.2, 0) is 6.42 Å². The predicted octanol–water partition coefficient (Wildman–Crippen LogP) is 5.13. The highest BCUT2D eigenvalue weighted by atomic mass is 35.5. The maximum absolute atomic E-state index is 12.8. The van der Waals surface area contributed by atoms with E-state index in [9.17, 15) is 4.79 Å². The Kier molecular flexibility index (Phi) is 7.14. The van der Waals surface area contributed by atoms with Gasteiger partial charge in [-0.2, -0.15) is 0 Å². The number of Topliss-reactive ketones (excluding diaryl/α,β-unsaturated/α-hetero) is 1. The van der Waals surface area contributed by atoms with Gasteiger partial charge in [0.15, 0.2) is 5.78 Å². The molecule has 28 heavy (non-hydrogen) atoms. The molecule has 3 nitrogen and oxygen atoms in total. The summed E-state index contributed by atoms with van der Waals surface area (Å²) in [5.41, 5.74) is 3.46. The summed E-state index contributed by atoms with van der Waals surface area (Å²) in [6.45, 7) is 3.32. The van der Waals surface area contributed by atoms with E-state index in [1.807, 2.05) is 18.2 Å². The minimum atomic E-state index is 0. The standard InChI is InChI=1S/C24H29NO2.ClH/c1-27-24-9-5-8-21-22(24)11-10-18(16-23(21)26)17-25-14-12-20(13-15-25)19-6-3-2-4-7-19;/h2-9,18,20H,10-17H2,1H3;1H. The average molecular weight is 400 g/mol. The molecule has 2 aromatic rings. The van der Waals surface area contributed by atoms with Crippen LogP contribution in [0.15, 0.2) is 48.5 Å². The van der Waals surface area contributed by atoms with Crippen LogP contribution in [0.4, 0.5) is 0 Å². The molecule has 1 atom stereocenters. The van der Waals surface area contributed by atoms with Gasteiger partial charge in [0.25, 0.3) is 0 Å². The number of carbonyl (C=O) groups excluding carboxylic acids is 1. The largest absolute Gasteiger partial charge is 0.496 e. The first-order chi connectivity index (χ1) is 13.2. The van der Waals surface area contributed by atoms with E-state index < -0.39 is 0 Å². The summed E-state index contributed by atoms with van der Waals surface area (Å²) in [6.07, 6.45) is 5.12. The van der Waals surface area contributed by atoms with Gasteiger partial charge in [-0.15, -0.1) is 12.4 Å². The summed E-state index contributed by atoms with van der Waals surface area (Å²) in [5.74, 6) is 2.28. The van der Waals surface area contributed by atoms with Crippen molar-refractivity contribution in [1.82, 2.24) is 4.90 Å². The number of hydrogen-bond donors (Lipinski definition) is 0. The van der Waals surface area contributed by atoms with Gasteiger partial charge in [0.05, 0.1) is 7.11 Å². The highest BCUT2D eigenvalue weighted by Crippen LogP contribution is 2.33. The van der Waals surface area contributed by atoms with Crippen molar-refractivity contribution in [3.63, 3.8) is 0 Å². The van der Waals surface area contributed by atoms with Crippen LogP contribution in [0.25, 0.3) is 0 Å². The molecule has 0 spiro atoms. The van der Waals surface area contributed by atoms with Crippen LogP contribution < -0.4 is 4.74 Å². The molecule has 4 heteroatoms. The predicted molar refractivity (Wildman–Crippen MR) is 116 cm³/mol. The van der Waals surface area contributed by atoms with Gasteiger partial charge in [0, 0.05) is 24.1 Å². The normalized spacial score (nSPS) is 20.8. The summed E-state index contributed by atoms with van der Waals surface area (Å²) < 4.78 is 5.49. The van der Waals surface area contributed by atoms with Crippen LogP contribution in [0.3, 0.4) is 0 Å². The van der Waals surface area contributed by atoms with Crippen LogP contribution >= 0.6 is 12.4 Å². The van der Waals surface area contributed by atoms with Crippen molar-refractivity contribution >= 4 is 18.2 Å². The molecule has 0 radical (unpaired) electrons. The molecule has 1 aliphatic heterocycles. The zero-order valence-electron chi connectivity index (χ0n) is 16.6. The second-order valence-electron chi connectivity index (χ2n) is 8.00. The molecule has 0 aromatic heterocycles. The minimum absolute atomic E-state index is 0. The van der Waals surface area contributed by atoms with Crippen molar-refractivity contribution in [1.29, 1.82) is 0 Å². The van der Waals surface area contributed by atoms with Gasteiger partial charge < -0.3 is 9.64 Å². The number of ketones is 1. The molecule has 0 bridgehead atoms. The third-order valence-electron chi connectivity index (χ3n) is 6.30. The summed E-state index contributed by atoms with van der Waals surface area (Å²) in [4.78, 5) is 15.4. The number of carbonyl (C=O) groups is 1. The van der Waals surface area contributed by atoms with E-state index in [1.165, 1.54) is 18.4 Å². The lowest BCUT2D eigenvalue weighted by Gasteiger charge is -2.34. The van der Waals surface area contributed by atoms with Crippen LogP contribution in [0.1, 0.15) is 53.1 Å². The van der Waals surface area contributed by atoms with E-state index in [2.05, 4.69) is 35.2 Å². The van der Waals surface area contributed by atoms with Gasteiger partial charge in [0.2, 0.25) is 0 Å². The number of piperidine rings is 1. The Morgan fingerprint density at radius 3 is 2.46 bits per heavy atom. The minimum Gasteiger partial charge on any atom is -0.496 e. The molecule has 2 aliphatic rings. The quantitative estimate of drug-likeness (QED) is 0.667. The molecule has 150 valence electrons. The number of rotatable bonds is 4. The van der Waals surface area contributed by atoms with Crippen molar-refractivity contribution < 1.29 is 9.53 Å². The zero-order valence-corrected chi connectivity index (χ0v) is 17.4. The molecule has 0 amide bonds. The Hall–Kier alpha value is -1.84. The van der Waals surface area contributed by atoms with E-state index >= 15 is 0 Å². The SMILES string of the molecule is COc1cccc2c1CCC(CN1CCC(c3ccccc3)CC1)CC2=O.Cl. The molecule has 1 fully saturated rings. The number of hydrogen-bond acceptors (Lipinski definition) is 3. The van der Waals surface area contributed by atoms with Crippen molar-refractivity contribution in [2.24, 2.45) is 5.92 Å². The molecular weight excluding hydrogens is 370 g/mol. The van der Waals surface area contributed by atoms with Gasteiger partial charge in [-0.1, -0.05) is 42.5 Å². The lowest BCUT2D eigenvalue weighted by atomic mass is 9.88. The topological polar surface area (TPSA) is 29.5 Å². The Bertz CT molecular complexity index is 784. The van der Waals surface area contributed by atoms with Crippen molar-refractivity contribution in [2.45, 2.75) is 38.0 Å². The number of ether oxygens (including phenoxy) is 1. The monoisotopic (exact) mass is 399 g/mol. The summed E-state index contributed by atoms with van der Waals surface area (Å²) in [6, 6.07) is 16.8. The maximum Gasteiger partial charge on any atom is 0.163 e. The second kappa shape index (κ2) is 9.58. The Labute approximate surface area is 174 Å². The third kappa shape index (κ3) is 4.59. The van der Waals surface area contributed by atoms with Gasteiger partial charge in [-0.05, 0) is 62.2 Å². The van der Waals surface area contributed by atoms with Crippen LogP contribution in [0, 0.1) is 5.92 Å². The van der Waals surface area contributed by atoms with Crippen molar-refractivity contribution in [3.05, 3.63) is 65.2 Å². The van der Waals surface area contributed by atoms with E-state index in [1.54, 1.807) is 7.11 Å². The molecule has 1 heterocycles. The molecular formula is C24H30ClNO2. The van der Waals surface area contributed by atoms with Gasteiger partial charge in [-0.3, -0.25) is 4.79 Å². The number of benzene rings is 2. The van der Waals surface area contributed by atoms with E-state index in [-0.39, 0.29) is 18.2 Å². The molecule has 4 rings (SSSR count). The lowest BCUT2D eigenvalue weighted by Crippen LogP contribution is -2.37. The van der Waals surface area contributed by atoms with Crippen LogP contribution in [0.5, 0.6) is 5.75 Å². The molecule has 1 saturated heterocycles. The summed E-state index contributed by atoms with van der Waals surface area (Å²) in [7, 11) is 1.69. The third-order valence-corrected chi connectivity index (χ3v) is 6.30. The van der Waals surface area contributed by atoms with E-state index in [4.69, 9.17) is 4.74 Å². The van der Waals surface area contributed by atoms with Crippen LogP contribution in [-0.4, -0.2) is 37.4 Å². The first-order valence-corrected chi connectivity index (χ1v) is 10.2. The average Bonchev–Trinajstić information content (AvgIpc) is 2.88.